The van der Waals surface area contributed by atoms with E-state index in [9.17, 15) is 19.5 Å². The number of hydrogen-bond donors (Lipinski definition) is 2. The third kappa shape index (κ3) is 4.08. The van der Waals surface area contributed by atoms with Gasteiger partial charge in [-0.15, -0.1) is 11.3 Å². The molecule has 0 saturated carbocycles. The molecule has 0 aliphatic carbocycles. The molecule has 1 aliphatic heterocycles. The van der Waals surface area contributed by atoms with Crippen molar-refractivity contribution in [3.63, 3.8) is 0 Å². The Morgan fingerprint density at radius 2 is 2.26 bits per heavy atom. The number of ether oxygens (including phenoxy) is 1. The van der Waals surface area contributed by atoms with Crippen molar-refractivity contribution in [1.29, 1.82) is 0 Å². The lowest BCUT2D eigenvalue weighted by Crippen LogP contribution is -2.53. The Morgan fingerprint density at radius 3 is 2.87 bits per heavy atom. The largest absolute Gasteiger partial charge is 0.481 e. The molecule has 23 heavy (non-hydrogen) atoms. The van der Waals surface area contributed by atoms with Crippen LogP contribution < -0.4 is 5.32 Å². The number of rotatable bonds is 6. The molecule has 1 unspecified atom stereocenters. The number of methoxy groups -OCH3 is 1. The van der Waals surface area contributed by atoms with E-state index in [-0.39, 0.29) is 31.5 Å². The zero-order valence-electron chi connectivity index (χ0n) is 12.9. The molecule has 2 amide bonds. The van der Waals surface area contributed by atoms with Gasteiger partial charge in [-0.3, -0.25) is 14.4 Å². The maximum atomic E-state index is 12.3. The number of hydrogen-bond acceptors (Lipinski definition) is 5. The summed E-state index contributed by atoms with van der Waals surface area (Å²) in [5, 5.41) is 13.8. The summed E-state index contributed by atoms with van der Waals surface area (Å²) >= 11 is 1.30. The van der Waals surface area contributed by atoms with Crippen LogP contribution in [0.15, 0.2) is 17.5 Å². The van der Waals surface area contributed by atoms with E-state index in [1.54, 1.807) is 17.5 Å². The number of nitrogens with zero attached hydrogens (tertiary/aromatic N) is 1. The van der Waals surface area contributed by atoms with Crippen molar-refractivity contribution in [2.24, 2.45) is 5.41 Å². The maximum absolute atomic E-state index is 12.3. The number of carbonyl (C=O) groups excluding carboxylic acids is 2. The van der Waals surface area contributed by atoms with Gasteiger partial charge in [-0.2, -0.15) is 0 Å². The Balaban J connectivity index is 1.93. The van der Waals surface area contributed by atoms with Gasteiger partial charge in [0.2, 0.25) is 5.91 Å². The van der Waals surface area contributed by atoms with E-state index >= 15 is 0 Å². The number of carboxylic acid groups (broad SMARTS) is 1. The SMILES string of the molecule is COCC1(C(=O)O)CCCN(C(=O)CNC(=O)c2cccs2)C1. The highest BCUT2D eigenvalue weighted by atomic mass is 32.1. The molecule has 0 bridgehead atoms. The average Bonchev–Trinajstić information content (AvgIpc) is 3.07. The molecule has 8 heteroatoms. The third-order valence-corrected chi connectivity index (χ3v) is 4.82. The van der Waals surface area contributed by atoms with Crippen molar-refractivity contribution in [1.82, 2.24) is 10.2 Å². The minimum absolute atomic E-state index is 0.0632. The first-order chi connectivity index (χ1) is 11.0. The lowest BCUT2D eigenvalue weighted by Gasteiger charge is -2.39. The van der Waals surface area contributed by atoms with Gasteiger partial charge in [0.05, 0.1) is 18.0 Å². The van der Waals surface area contributed by atoms with E-state index in [0.717, 1.165) is 0 Å². The van der Waals surface area contributed by atoms with Crippen LogP contribution in [-0.4, -0.2) is 61.1 Å². The molecular weight excluding hydrogens is 320 g/mol. The van der Waals surface area contributed by atoms with Crippen LogP contribution in [0, 0.1) is 5.41 Å². The zero-order chi connectivity index (χ0) is 16.9. The topological polar surface area (TPSA) is 95.9 Å². The number of aliphatic carboxylic acids is 1. The van der Waals surface area contributed by atoms with Gasteiger partial charge in [0, 0.05) is 20.2 Å². The molecule has 7 nitrogen and oxygen atoms in total. The Kier molecular flexibility index (Phi) is 5.73. The normalized spacial score (nSPS) is 21.0. The number of carbonyl (C=O) groups is 3. The predicted molar refractivity (Wildman–Crippen MR) is 84.4 cm³/mol. The first kappa shape index (κ1) is 17.4. The number of piperidine rings is 1. The van der Waals surface area contributed by atoms with E-state index in [1.807, 2.05) is 0 Å². The molecule has 1 aliphatic rings. The molecule has 1 atom stereocenters. The highest BCUT2D eigenvalue weighted by molar-refractivity contribution is 7.12. The third-order valence-electron chi connectivity index (χ3n) is 3.95. The number of nitrogens with one attached hydrogen (secondary N) is 1. The summed E-state index contributed by atoms with van der Waals surface area (Å²) in [5.74, 6) is -1.54. The second kappa shape index (κ2) is 7.56. The Bertz CT molecular complexity index is 570. The Labute approximate surface area is 138 Å². The van der Waals surface area contributed by atoms with Crippen molar-refractivity contribution in [2.75, 3.05) is 33.4 Å². The van der Waals surface area contributed by atoms with Gasteiger partial charge in [0.15, 0.2) is 0 Å². The quantitative estimate of drug-likeness (QED) is 0.799. The first-order valence-electron chi connectivity index (χ1n) is 7.30. The van der Waals surface area contributed by atoms with Crippen molar-refractivity contribution in [3.8, 4) is 0 Å². The predicted octanol–water partition coefficient (Wildman–Crippen LogP) is 0.818. The van der Waals surface area contributed by atoms with Crippen molar-refractivity contribution in [3.05, 3.63) is 22.4 Å². The summed E-state index contributed by atoms with van der Waals surface area (Å²) in [6.45, 7) is 0.517. The van der Waals surface area contributed by atoms with Crippen molar-refractivity contribution in [2.45, 2.75) is 12.8 Å². The van der Waals surface area contributed by atoms with Crippen LogP contribution in [0.2, 0.25) is 0 Å². The molecule has 0 spiro atoms. The molecule has 1 fully saturated rings. The molecule has 1 aromatic heterocycles. The van der Waals surface area contributed by atoms with Gasteiger partial charge in [0.25, 0.3) is 5.91 Å². The average molecular weight is 340 g/mol. The van der Waals surface area contributed by atoms with Crippen LogP contribution in [0.1, 0.15) is 22.5 Å². The molecule has 0 radical (unpaired) electrons. The molecule has 126 valence electrons. The smallest absolute Gasteiger partial charge is 0.313 e. The fraction of sp³-hybridized carbons (Fsp3) is 0.533. The Hall–Kier alpha value is -1.93. The lowest BCUT2D eigenvalue weighted by atomic mass is 9.80. The van der Waals surface area contributed by atoms with Crippen LogP contribution in [0.4, 0.5) is 0 Å². The number of thiophene rings is 1. The van der Waals surface area contributed by atoms with E-state index in [2.05, 4.69) is 5.32 Å². The summed E-state index contributed by atoms with van der Waals surface area (Å²) in [5.41, 5.74) is -1.07. The molecule has 1 aromatic rings. The highest BCUT2D eigenvalue weighted by Gasteiger charge is 2.43. The van der Waals surface area contributed by atoms with Gasteiger partial charge in [-0.05, 0) is 24.3 Å². The van der Waals surface area contributed by atoms with E-state index in [4.69, 9.17) is 4.74 Å². The van der Waals surface area contributed by atoms with Gasteiger partial charge in [-0.25, -0.2) is 0 Å². The van der Waals surface area contributed by atoms with Gasteiger partial charge in [-0.1, -0.05) is 6.07 Å². The summed E-state index contributed by atoms with van der Waals surface area (Å²) in [4.78, 5) is 37.7. The second-order valence-corrected chi connectivity index (χ2v) is 6.55. The molecule has 2 N–H and O–H groups in total. The van der Waals surface area contributed by atoms with E-state index in [1.165, 1.54) is 23.3 Å². The summed E-state index contributed by atoms with van der Waals surface area (Å²) in [6.07, 6.45) is 1.07. The molecule has 1 saturated heterocycles. The molecular formula is C15H20N2O5S. The van der Waals surface area contributed by atoms with Gasteiger partial charge in [0.1, 0.15) is 5.41 Å². The summed E-state index contributed by atoms with van der Waals surface area (Å²) in [6, 6.07) is 3.44. The summed E-state index contributed by atoms with van der Waals surface area (Å²) < 4.78 is 5.03. The lowest BCUT2D eigenvalue weighted by molar-refractivity contribution is -0.158. The minimum atomic E-state index is -1.07. The van der Waals surface area contributed by atoms with Crippen molar-refractivity contribution >= 4 is 29.1 Å². The van der Waals surface area contributed by atoms with E-state index in [0.29, 0.717) is 24.3 Å². The fourth-order valence-corrected chi connectivity index (χ4v) is 3.38. The number of likely N-dealkylation sites (tertiary alicyclic amines) is 1. The Morgan fingerprint density at radius 1 is 1.48 bits per heavy atom. The van der Waals surface area contributed by atoms with Gasteiger partial charge < -0.3 is 20.1 Å². The minimum Gasteiger partial charge on any atom is -0.481 e. The van der Waals surface area contributed by atoms with Crippen LogP contribution in [0.3, 0.4) is 0 Å². The number of amides is 2. The molecule has 2 heterocycles. The van der Waals surface area contributed by atoms with Crippen LogP contribution in [0.25, 0.3) is 0 Å². The first-order valence-corrected chi connectivity index (χ1v) is 8.18. The standard InChI is InChI=1S/C15H20N2O5S/c1-22-10-15(14(20)21)5-3-6-17(9-15)12(18)8-16-13(19)11-4-2-7-23-11/h2,4,7H,3,5-6,8-10H2,1H3,(H,16,19)(H,20,21). The highest BCUT2D eigenvalue weighted by Crippen LogP contribution is 2.30. The van der Waals surface area contributed by atoms with E-state index < -0.39 is 11.4 Å². The molecule has 0 aromatic carbocycles. The van der Waals surface area contributed by atoms with Crippen molar-refractivity contribution < 1.29 is 24.2 Å². The fourth-order valence-electron chi connectivity index (χ4n) is 2.74. The summed E-state index contributed by atoms with van der Waals surface area (Å²) in [7, 11) is 1.45. The zero-order valence-corrected chi connectivity index (χ0v) is 13.7. The van der Waals surface area contributed by atoms with Gasteiger partial charge >= 0.3 is 5.97 Å². The maximum Gasteiger partial charge on any atom is 0.313 e. The second-order valence-electron chi connectivity index (χ2n) is 5.60. The molecule has 2 rings (SSSR count). The van der Waals surface area contributed by atoms with Crippen LogP contribution >= 0.6 is 11.3 Å². The number of carboxylic acids is 1. The monoisotopic (exact) mass is 340 g/mol. The van der Waals surface area contributed by atoms with Crippen LogP contribution in [0.5, 0.6) is 0 Å². The van der Waals surface area contributed by atoms with Crippen LogP contribution in [-0.2, 0) is 14.3 Å².